The maximum atomic E-state index is 13.3. The number of nitrogens with one attached hydrogen (secondary N) is 1. The van der Waals surface area contributed by atoms with Crippen molar-refractivity contribution in [2.24, 2.45) is 0 Å². The zero-order valence-corrected chi connectivity index (χ0v) is 17.2. The molecule has 0 atom stereocenters. The summed E-state index contributed by atoms with van der Waals surface area (Å²) in [7, 11) is 0. The average molecular weight is 449 g/mol. The van der Waals surface area contributed by atoms with Crippen LogP contribution in [0.15, 0.2) is 42.5 Å². The number of aryl methyl sites for hydroxylation is 1. The molecule has 0 saturated heterocycles. The zero-order chi connectivity index (χ0) is 21.1. The van der Waals surface area contributed by atoms with Gasteiger partial charge in [0.25, 0.3) is 0 Å². The number of hydrogen-bond acceptors (Lipinski definition) is 5. The molecule has 3 aromatic rings. The number of alkyl halides is 2. The van der Waals surface area contributed by atoms with E-state index in [9.17, 15) is 13.6 Å². The number of carbonyl (C=O) groups is 1. The predicted octanol–water partition coefficient (Wildman–Crippen LogP) is 5.76. The van der Waals surface area contributed by atoms with Crippen molar-refractivity contribution < 1.29 is 23.0 Å². The summed E-state index contributed by atoms with van der Waals surface area (Å²) in [6.07, 6.45) is -2.46. The lowest BCUT2D eigenvalue weighted by molar-refractivity contribution is -0.286. The molecule has 9 heteroatoms. The van der Waals surface area contributed by atoms with Crippen LogP contribution in [0.3, 0.4) is 0 Å². The van der Waals surface area contributed by atoms with Crippen molar-refractivity contribution in [1.29, 1.82) is 0 Å². The Morgan fingerprint density at radius 3 is 2.67 bits per heavy atom. The Morgan fingerprint density at radius 2 is 1.93 bits per heavy atom. The molecule has 0 unspecified atom stereocenters. The van der Waals surface area contributed by atoms with Crippen molar-refractivity contribution >= 4 is 34.0 Å². The zero-order valence-electron chi connectivity index (χ0n) is 15.7. The largest absolute Gasteiger partial charge is 0.586 e. The second kappa shape index (κ2) is 6.65. The number of ether oxygens (including phenoxy) is 2. The van der Waals surface area contributed by atoms with Gasteiger partial charge in [-0.25, -0.2) is 4.98 Å². The number of hydrogen-bond donors (Lipinski definition) is 1. The molecule has 5 nitrogen and oxygen atoms in total. The lowest BCUT2D eigenvalue weighted by Gasteiger charge is -2.15. The Morgan fingerprint density at radius 1 is 1.17 bits per heavy atom. The van der Waals surface area contributed by atoms with Crippen LogP contribution in [-0.4, -0.2) is 17.2 Å². The molecule has 2 aliphatic rings. The monoisotopic (exact) mass is 448 g/mol. The third-order valence-corrected chi connectivity index (χ3v) is 6.37. The second-order valence-electron chi connectivity index (χ2n) is 7.30. The Kier molecular flexibility index (Phi) is 4.27. The number of benzene rings is 2. The van der Waals surface area contributed by atoms with Crippen LogP contribution in [0.25, 0.3) is 11.3 Å². The number of rotatable bonds is 4. The van der Waals surface area contributed by atoms with Gasteiger partial charge in [0.2, 0.25) is 5.91 Å². The highest BCUT2D eigenvalue weighted by molar-refractivity contribution is 7.16. The lowest BCUT2D eigenvalue weighted by atomic mass is 9.94. The van der Waals surface area contributed by atoms with Crippen molar-refractivity contribution in [3.05, 3.63) is 57.9 Å². The molecule has 1 amide bonds. The fraction of sp³-hybridized carbons (Fsp3) is 0.238. The SMILES string of the molecule is Cc1sc(NC(=O)C2(c3ccc4c(c3)OC(F)(F)O4)CC2)nc1-c1cccc(Cl)c1. The molecular formula is C21H15ClF2N2O3S. The van der Waals surface area contributed by atoms with E-state index in [0.29, 0.717) is 28.6 Å². The maximum absolute atomic E-state index is 13.3. The number of aromatic nitrogens is 1. The van der Waals surface area contributed by atoms with Gasteiger partial charge in [-0.2, -0.15) is 0 Å². The molecule has 0 spiro atoms. The minimum absolute atomic E-state index is 0.0401. The minimum atomic E-state index is -3.69. The molecule has 1 aliphatic carbocycles. The summed E-state index contributed by atoms with van der Waals surface area (Å²) >= 11 is 7.44. The summed E-state index contributed by atoms with van der Waals surface area (Å²) in [4.78, 5) is 18.6. The fourth-order valence-corrected chi connectivity index (χ4v) is 4.61. The number of fused-ring (bicyclic) bond motifs is 1. The summed E-state index contributed by atoms with van der Waals surface area (Å²) in [5, 5.41) is 3.97. The molecule has 1 fully saturated rings. The topological polar surface area (TPSA) is 60.5 Å². The summed E-state index contributed by atoms with van der Waals surface area (Å²) in [5.74, 6) is -0.328. The van der Waals surface area contributed by atoms with Gasteiger partial charge in [0.15, 0.2) is 16.6 Å². The summed E-state index contributed by atoms with van der Waals surface area (Å²) in [6, 6.07) is 11.8. The van der Waals surface area contributed by atoms with E-state index in [4.69, 9.17) is 11.6 Å². The summed E-state index contributed by atoms with van der Waals surface area (Å²) < 4.78 is 35.5. The number of halogens is 3. The van der Waals surface area contributed by atoms with Gasteiger partial charge in [0.05, 0.1) is 11.1 Å². The van der Waals surface area contributed by atoms with E-state index in [0.717, 1.165) is 16.1 Å². The highest BCUT2D eigenvalue weighted by Crippen LogP contribution is 2.52. The van der Waals surface area contributed by atoms with E-state index < -0.39 is 11.7 Å². The predicted molar refractivity (Wildman–Crippen MR) is 109 cm³/mol. The van der Waals surface area contributed by atoms with Gasteiger partial charge in [-0.1, -0.05) is 29.8 Å². The molecule has 2 aromatic carbocycles. The number of carbonyl (C=O) groups excluding carboxylic acids is 1. The second-order valence-corrected chi connectivity index (χ2v) is 8.94. The van der Waals surface area contributed by atoms with Gasteiger partial charge in [0, 0.05) is 15.5 Å². The van der Waals surface area contributed by atoms with Crippen LogP contribution < -0.4 is 14.8 Å². The number of thiazole rings is 1. The quantitative estimate of drug-likeness (QED) is 0.551. The Labute approximate surface area is 179 Å². The summed E-state index contributed by atoms with van der Waals surface area (Å²) in [5.41, 5.74) is 1.46. The Bertz CT molecular complexity index is 1180. The first-order chi connectivity index (χ1) is 14.3. The van der Waals surface area contributed by atoms with E-state index in [1.807, 2.05) is 25.1 Å². The van der Waals surface area contributed by atoms with Crippen LogP contribution >= 0.6 is 22.9 Å². The summed E-state index contributed by atoms with van der Waals surface area (Å²) in [6.45, 7) is 1.93. The number of nitrogens with zero attached hydrogens (tertiary/aromatic N) is 1. The smallest absolute Gasteiger partial charge is 0.395 e. The van der Waals surface area contributed by atoms with Crippen molar-refractivity contribution in [1.82, 2.24) is 4.98 Å². The van der Waals surface area contributed by atoms with Gasteiger partial charge in [0.1, 0.15) is 0 Å². The maximum Gasteiger partial charge on any atom is 0.586 e. The molecule has 154 valence electrons. The van der Waals surface area contributed by atoms with Gasteiger partial charge in [-0.15, -0.1) is 20.1 Å². The van der Waals surface area contributed by atoms with Crippen LogP contribution in [0.4, 0.5) is 13.9 Å². The van der Waals surface area contributed by atoms with Crippen LogP contribution in [0.5, 0.6) is 11.5 Å². The van der Waals surface area contributed by atoms with Crippen molar-refractivity contribution in [3.63, 3.8) is 0 Å². The Hall–Kier alpha value is -2.71. The third kappa shape index (κ3) is 3.30. The molecule has 1 aromatic heterocycles. The highest BCUT2D eigenvalue weighted by atomic mass is 35.5. The van der Waals surface area contributed by atoms with Gasteiger partial charge < -0.3 is 14.8 Å². The van der Waals surface area contributed by atoms with E-state index >= 15 is 0 Å². The van der Waals surface area contributed by atoms with E-state index in [2.05, 4.69) is 19.8 Å². The van der Waals surface area contributed by atoms with Crippen LogP contribution in [-0.2, 0) is 10.2 Å². The standard InChI is InChI=1S/C21H15ClF2N2O3S/c1-11-17(12-3-2-4-14(22)9-12)25-19(30-11)26-18(27)20(7-8-20)13-5-6-15-16(10-13)29-21(23,24)28-15/h2-6,9-10H,7-8H2,1H3,(H,25,26,27). The van der Waals surface area contributed by atoms with E-state index in [-0.39, 0.29) is 17.4 Å². The van der Waals surface area contributed by atoms with E-state index in [1.165, 1.54) is 23.5 Å². The minimum Gasteiger partial charge on any atom is -0.395 e. The fourth-order valence-electron chi connectivity index (χ4n) is 3.59. The molecule has 1 N–H and O–H groups in total. The van der Waals surface area contributed by atoms with Crippen molar-refractivity contribution in [2.45, 2.75) is 31.5 Å². The molecule has 0 radical (unpaired) electrons. The molecule has 30 heavy (non-hydrogen) atoms. The number of amides is 1. The van der Waals surface area contributed by atoms with Crippen LogP contribution in [0.2, 0.25) is 5.02 Å². The molecule has 5 rings (SSSR count). The highest BCUT2D eigenvalue weighted by Gasteiger charge is 2.53. The molecule has 2 heterocycles. The van der Waals surface area contributed by atoms with Gasteiger partial charge >= 0.3 is 6.29 Å². The van der Waals surface area contributed by atoms with Crippen LogP contribution in [0.1, 0.15) is 23.3 Å². The molecule has 1 aliphatic heterocycles. The lowest BCUT2D eigenvalue weighted by Crippen LogP contribution is -2.27. The average Bonchev–Trinajstić information content (AvgIpc) is 3.32. The van der Waals surface area contributed by atoms with Gasteiger partial charge in [-0.05, 0) is 49.6 Å². The third-order valence-electron chi connectivity index (χ3n) is 5.25. The van der Waals surface area contributed by atoms with Gasteiger partial charge in [-0.3, -0.25) is 4.79 Å². The first kappa shape index (κ1) is 19.3. The van der Waals surface area contributed by atoms with E-state index in [1.54, 1.807) is 12.1 Å². The molecular weight excluding hydrogens is 434 g/mol. The molecule has 0 bridgehead atoms. The van der Waals surface area contributed by atoms with Crippen LogP contribution in [0, 0.1) is 6.92 Å². The van der Waals surface area contributed by atoms with Crippen molar-refractivity contribution in [2.75, 3.05) is 5.32 Å². The first-order valence-corrected chi connectivity index (χ1v) is 10.4. The normalized spacial score (nSPS) is 17.6. The van der Waals surface area contributed by atoms with Crippen molar-refractivity contribution in [3.8, 4) is 22.8 Å². The first-order valence-electron chi connectivity index (χ1n) is 9.21. The number of anilines is 1. The molecule has 1 saturated carbocycles. The Balaban J connectivity index is 1.38.